The molecule has 0 unspecified atom stereocenters. The van der Waals surface area contributed by atoms with Crippen LogP contribution in [0.2, 0.25) is 0 Å². The third-order valence-corrected chi connectivity index (χ3v) is 3.79. The van der Waals surface area contributed by atoms with Crippen molar-refractivity contribution in [1.29, 1.82) is 0 Å². The monoisotopic (exact) mass is 323 g/mol. The quantitative estimate of drug-likeness (QED) is 0.623. The maximum Gasteiger partial charge on any atom is 0.224 e. The minimum atomic E-state index is 0.00417. The van der Waals surface area contributed by atoms with Gasteiger partial charge < -0.3 is 10.1 Å². The van der Waals surface area contributed by atoms with Gasteiger partial charge in [0.2, 0.25) is 5.91 Å². The van der Waals surface area contributed by atoms with Crippen LogP contribution in [0.15, 0.2) is 54.7 Å². The molecule has 5 nitrogen and oxygen atoms in total. The Hall–Kier alpha value is -2.66. The van der Waals surface area contributed by atoms with E-state index in [-0.39, 0.29) is 5.91 Å². The van der Waals surface area contributed by atoms with Crippen LogP contribution in [0.4, 0.5) is 5.69 Å². The first-order valence-electron chi connectivity index (χ1n) is 8.16. The molecule has 1 aromatic heterocycles. The molecule has 3 rings (SSSR count). The Kier molecular flexibility index (Phi) is 5.58. The third kappa shape index (κ3) is 4.67. The number of carbonyl (C=O) groups excluding carboxylic acids is 1. The summed E-state index contributed by atoms with van der Waals surface area (Å²) < 4.78 is 5.59. The van der Waals surface area contributed by atoms with E-state index in [1.165, 1.54) is 5.56 Å². The predicted octanol–water partition coefficient (Wildman–Crippen LogP) is 3.54. The molecule has 0 radical (unpaired) electrons. The summed E-state index contributed by atoms with van der Waals surface area (Å²) in [5.41, 5.74) is 3.02. The molecule has 0 saturated heterocycles. The first kappa shape index (κ1) is 16.2. The molecule has 1 amide bonds. The van der Waals surface area contributed by atoms with Crippen molar-refractivity contribution in [1.82, 2.24) is 10.2 Å². The summed E-state index contributed by atoms with van der Waals surface area (Å²) in [6.45, 7) is 1.28. The second-order valence-electron chi connectivity index (χ2n) is 5.67. The Labute approximate surface area is 141 Å². The first-order valence-corrected chi connectivity index (χ1v) is 8.16. The second-order valence-corrected chi connectivity index (χ2v) is 5.67. The summed E-state index contributed by atoms with van der Waals surface area (Å²) in [6, 6.07) is 15.9. The number of H-pyrrole nitrogens is 1. The number of hydrogen-bond donors (Lipinski definition) is 2. The van der Waals surface area contributed by atoms with E-state index in [1.54, 1.807) is 6.20 Å². The van der Waals surface area contributed by atoms with Gasteiger partial charge in [-0.05, 0) is 36.6 Å². The molecule has 0 aliphatic rings. The van der Waals surface area contributed by atoms with Gasteiger partial charge in [-0.3, -0.25) is 9.89 Å². The lowest BCUT2D eigenvalue weighted by Crippen LogP contribution is -2.12. The van der Waals surface area contributed by atoms with E-state index < -0.39 is 0 Å². The van der Waals surface area contributed by atoms with Crippen molar-refractivity contribution < 1.29 is 9.53 Å². The van der Waals surface area contributed by atoms with Crippen LogP contribution in [-0.4, -0.2) is 29.3 Å². The molecular weight excluding hydrogens is 302 g/mol. The van der Waals surface area contributed by atoms with Gasteiger partial charge in [0, 0.05) is 24.1 Å². The number of aromatic amines is 1. The fourth-order valence-electron chi connectivity index (χ4n) is 2.52. The number of fused-ring (bicyclic) bond motifs is 1. The van der Waals surface area contributed by atoms with Gasteiger partial charge >= 0.3 is 0 Å². The molecule has 0 spiro atoms. The van der Waals surface area contributed by atoms with Crippen LogP contribution in [0.3, 0.4) is 0 Å². The summed E-state index contributed by atoms with van der Waals surface area (Å²) in [6.07, 6.45) is 3.81. The van der Waals surface area contributed by atoms with E-state index in [9.17, 15) is 4.79 Å². The number of amides is 1. The molecule has 2 N–H and O–H groups in total. The maximum absolute atomic E-state index is 12.0. The van der Waals surface area contributed by atoms with Gasteiger partial charge in [0.1, 0.15) is 0 Å². The topological polar surface area (TPSA) is 67.0 Å². The van der Waals surface area contributed by atoms with Crippen molar-refractivity contribution in [2.75, 3.05) is 18.5 Å². The summed E-state index contributed by atoms with van der Waals surface area (Å²) in [5.74, 6) is 0.00417. The highest BCUT2D eigenvalue weighted by Gasteiger charge is 2.04. The molecule has 24 heavy (non-hydrogen) atoms. The number of nitrogens with one attached hydrogen (secondary N) is 2. The summed E-state index contributed by atoms with van der Waals surface area (Å²) >= 11 is 0. The van der Waals surface area contributed by atoms with Crippen LogP contribution in [0.1, 0.15) is 18.4 Å². The highest BCUT2D eigenvalue weighted by molar-refractivity contribution is 5.93. The van der Waals surface area contributed by atoms with Gasteiger partial charge in [0.25, 0.3) is 0 Å². The zero-order valence-electron chi connectivity index (χ0n) is 13.5. The van der Waals surface area contributed by atoms with Crippen molar-refractivity contribution in [2.24, 2.45) is 0 Å². The lowest BCUT2D eigenvalue weighted by molar-refractivity contribution is -0.116. The molecule has 124 valence electrons. The van der Waals surface area contributed by atoms with Crippen molar-refractivity contribution in [3.05, 3.63) is 60.3 Å². The van der Waals surface area contributed by atoms with Crippen LogP contribution in [0.25, 0.3) is 10.9 Å². The van der Waals surface area contributed by atoms with Gasteiger partial charge in [0.15, 0.2) is 0 Å². The zero-order chi connectivity index (χ0) is 16.6. The lowest BCUT2D eigenvalue weighted by Gasteiger charge is -2.06. The standard InChI is InChI=1S/C19H21N3O2/c23-19(21-17-8-9-18-16(13-17)14-20-22-18)7-4-11-24-12-10-15-5-2-1-3-6-15/h1-3,5-6,8-9,13-14H,4,7,10-12H2,(H,20,22)(H,21,23). The Morgan fingerprint density at radius 3 is 2.88 bits per heavy atom. The number of hydrogen-bond acceptors (Lipinski definition) is 3. The van der Waals surface area contributed by atoms with E-state index in [0.717, 1.165) is 23.0 Å². The second kappa shape index (κ2) is 8.26. The van der Waals surface area contributed by atoms with E-state index in [1.807, 2.05) is 36.4 Å². The van der Waals surface area contributed by atoms with Crippen molar-refractivity contribution in [3.63, 3.8) is 0 Å². The molecule has 3 aromatic rings. The molecule has 1 heterocycles. The summed E-state index contributed by atoms with van der Waals surface area (Å²) in [7, 11) is 0. The zero-order valence-corrected chi connectivity index (χ0v) is 13.5. The number of carbonyl (C=O) groups is 1. The number of benzene rings is 2. The van der Waals surface area contributed by atoms with Gasteiger partial charge in [-0.1, -0.05) is 30.3 Å². The molecule has 0 saturated carbocycles. The minimum Gasteiger partial charge on any atom is -0.381 e. The average Bonchev–Trinajstić information content (AvgIpc) is 3.06. The largest absolute Gasteiger partial charge is 0.381 e. The molecular formula is C19H21N3O2. The van der Waals surface area contributed by atoms with Crippen LogP contribution in [-0.2, 0) is 16.0 Å². The number of ether oxygens (including phenoxy) is 1. The summed E-state index contributed by atoms with van der Waals surface area (Å²) in [4.78, 5) is 12.0. The molecule has 0 aliphatic heterocycles. The minimum absolute atomic E-state index is 0.00417. The molecule has 5 heteroatoms. The molecule has 0 fully saturated rings. The number of aromatic nitrogens is 2. The van der Waals surface area contributed by atoms with E-state index >= 15 is 0 Å². The smallest absolute Gasteiger partial charge is 0.224 e. The van der Waals surface area contributed by atoms with E-state index in [4.69, 9.17) is 4.74 Å². The highest BCUT2D eigenvalue weighted by atomic mass is 16.5. The van der Waals surface area contributed by atoms with Crippen molar-refractivity contribution in [2.45, 2.75) is 19.3 Å². The van der Waals surface area contributed by atoms with E-state index in [2.05, 4.69) is 27.6 Å². The van der Waals surface area contributed by atoms with Crippen LogP contribution in [0.5, 0.6) is 0 Å². The van der Waals surface area contributed by atoms with Crippen LogP contribution >= 0.6 is 0 Å². The number of rotatable bonds is 8. The highest BCUT2D eigenvalue weighted by Crippen LogP contribution is 2.16. The summed E-state index contributed by atoms with van der Waals surface area (Å²) in [5, 5.41) is 10.7. The van der Waals surface area contributed by atoms with Crippen LogP contribution in [0, 0.1) is 0 Å². The van der Waals surface area contributed by atoms with Crippen molar-refractivity contribution in [3.8, 4) is 0 Å². The molecule has 0 aliphatic carbocycles. The normalized spacial score (nSPS) is 10.8. The Morgan fingerprint density at radius 2 is 2.00 bits per heavy atom. The first-order chi connectivity index (χ1) is 11.8. The maximum atomic E-state index is 12.0. The van der Waals surface area contributed by atoms with Gasteiger partial charge in [-0.25, -0.2) is 0 Å². The van der Waals surface area contributed by atoms with Gasteiger partial charge in [-0.15, -0.1) is 0 Å². The predicted molar refractivity (Wildman–Crippen MR) is 94.9 cm³/mol. The average molecular weight is 323 g/mol. The molecule has 0 atom stereocenters. The lowest BCUT2D eigenvalue weighted by atomic mass is 10.2. The van der Waals surface area contributed by atoms with Gasteiger partial charge in [0.05, 0.1) is 18.3 Å². The number of nitrogens with zero attached hydrogens (tertiary/aromatic N) is 1. The molecule has 0 bridgehead atoms. The van der Waals surface area contributed by atoms with Crippen LogP contribution < -0.4 is 5.32 Å². The Bertz CT molecular complexity index is 783. The fourth-order valence-corrected chi connectivity index (χ4v) is 2.52. The van der Waals surface area contributed by atoms with Gasteiger partial charge in [-0.2, -0.15) is 5.10 Å². The molecule has 2 aromatic carbocycles. The fraction of sp³-hybridized carbons (Fsp3) is 0.263. The van der Waals surface area contributed by atoms with E-state index in [0.29, 0.717) is 26.1 Å². The Balaban J connectivity index is 1.32. The van der Waals surface area contributed by atoms with Crippen molar-refractivity contribution >= 4 is 22.5 Å². The third-order valence-electron chi connectivity index (χ3n) is 3.79. The Morgan fingerprint density at radius 1 is 1.12 bits per heavy atom. The number of anilines is 1. The SMILES string of the molecule is O=C(CCCOCCc1ccccc1)Nc1ccc2[nH]ncc2c1.